The highest BCUT2D eigenvalue weighted by Gasteiger charge is 2.50. The van der Waals surface area contributed by atoms with E-state index in [1.54, 1.807) is 48.5 Å². The Labute approximate surface area is 285 Å². The fourth-order valence-electron chi connectivity index (χ4n) is 5.67. The monoisotopic (exact) mass is 690 g/mol. The van der Waals surface area contributed by atoms with Gasteiger partial charge < -0.3 is 28.3 Å². The number of amides is 2. The summed E-state index contributed by atoms with van der Waals surface area (Å²) in [5, 5.41) is 0. The summed E-state index contributed by atoms with van der Waals surface area (Å²) in [6, 6.07) is 16.0. The van der Waals surface area contributed by atoms with Crippen LogP contribution in [0.15, 0.2) is 65.5 Å². The Kier molecular flexibility index (Phi) is 11.3. The molecule has 15 heteroatoms. The molecule has 0 spiro atoms. The number of carbonyl (C=O) groups is 7. The molecule has 3 aromatic rings. The van der Waals surface area contributed by atoms with Crippen molar-refractivity contribution in [2.75, 3.05) is 11.5 Å². The van der Waals surface area contributed by atoms with E-state index in [1.165, 1.54) is 19.2 Å². The third kappa shape index (κ3) is 7.77. The van der Waals surface area contributed by atoms with Gasteiger partial charge in [0.1, 0.15) is 6.61 Å². The van der Waals surface area contributed by atoms with Crippen molar-refractivity contribution < 1.29 is 57.2 Å². The minimum absolute atomic E-state index is 0.140. The van der Waals surface area contributed by atoms with Gasteiger partial charge in [0.2, 0.25) is 0 Å². The number of pyridine rings is 1. The van der Waals surface area contributed by atoms with Crippen LogP contribution in [0, 0.1) is 0 Å². The average Bonchev–Trinajstić information content (AvgIpc) is 3.30. The van der Waals surface area contributed by atoms with Gasteiger partial charge >= 0.3 is 29.8 Å². The SMILES string of the molecule is CC(=O)OC[C@@H](OC(C)=O)[C@@H](OC(C)=O)[C@@H](OC(C)=O)[C@H](OC(C)=O)c1c2c(c(-c3ccccc3)c(=O)n1C)C(=O)N(c1ccccc1)C2=O. The Morgan fingerprint density at radius 2 is 1.10 bits per heavy atom. The Morgan fingerprint density at radius 1 is 0.600 bits per heavy atom. The van der Waals surface area contributed by atoms with Gasteiger partial charge in [0.05, 0.1) is 28.1 Å². The molecule has 15 nitrogen and oxygen atoms in total. The van der Waals surface area contributed by atoms with Gasteiger partial charge in [0.25, 0.3) is 17.4 Å². The number of carbonyl (C=O) groups excluding carboxylic acids is 7. The van der Waals surface area contributed by atoms with Crippen LogP contribution in [-0.4, -0.2) is 71.1 Å². The smallest absolute Gasteiger partial charge is 0.303 e. The number of hydrogen-bond donors (Lipinski definition) is 0. The van der Waals surface area contributed by atoms with Crippen LogP contribution in [0.5, 0.6) is 0 Å². The molecule has 0 fully saturated rings. The number of anilines is 1. The van der Waals surface area contributed by atoms with E-state index < -0.39 is 83.9 Å². The number of benzene rings is 2. The van der Waals surface area contributed by atoms with Gasteiger partial charge in [0.15, 0.2) is 24.4 Å². The molecular weight excluding hydrogens is 656 g/mol. The van der Waals surface area contributed by atoms with Crippen LogP contribution < -0.4 is 10.5 Å². The van der Waals surface area contributed by atoms with Crippen LogP contribution in [0.25, 0.3) is 11.1 Å². The molecule has 1 aliphatic heterocycles. The minimum Gasteiger partial charge on any atom is -0.462 e. The van der Waals surface area contributed by atoms with E-state index in [2.05, 4.69) is 0 Å². The van der Waals surface area contributed by atoms with Crippen LogP contribution in [0.2, 0.25) is 0 Å². The van der Waals surface area contributed by atoms with Crippen LogP contribution in [-0.2, 0) is 54.7 Å². The molecule has 2 heterocycles. The van der Waals surface area contributed by atoms with Crippen molar-refractivity contribution in [3.63, 3.8) is 0 Å². The van der Waals surface area contributed by atoms with Crippen molar-refractivity contribution in [2.24, 2.45) is 7.05 Å². The summed E-state index contributed by atoms with van der Waals surface area (Å²) >= 11 is 0. The molecule has 0 N–H and O–H groups in total. The molecule has 0 aliphatic carbocycles. The summed E-state index contributed by atoms with van der Waals surface area (Å²) < 4.78 is 28.1. The molecular formula is C35H34N2O13. The van der Waals surface area contributed by atoms with E-state index in [-0.39, 0.29) is 22.4 Å². The first kappa shape index (κ1) is 36.7. The van der Waals surface area contributed by atoms with Gasteiger partial charge in [-0.3, -0.25) is 38.4 Å². The van der Waals surface area contributed by atoms with Gasteiger partial charge in [0, 0.05) is 41.7 Å². The Bertz CT molecular complexity index is 1900. The minimum atomic E-state index is -1.97. The molecule has 2 aromatic carbocycles. The molecule has 0 radical (unpaired) electrons. The fourth-order valence-corrected chi connectivity index (χ4v) is 5.67. The zero-order valence-corrected chi connectivity index (χ0v) is 28.0. The molecule has 0 saturated heterocycles. The van der Waals surface area contributed by atoms with Gasteiger partial charge in [-0.15, -0.1) is 0 Å². The van der Waals surface area contributed by atoms with Gasteiger partial charge in [-0.05, 0) is 17.7 Å². The average molecular weight is 691 g/mol. The third-order valence-corrected chi connectivity index (χ3v) is 7.47. The van der Waals surface area contributed by atoms with Crippen molar-refractivity contribution >= 4 is 47.3 Å². The van der Waals surface area contributed by atoms with E-state index in [0.717, 1.165) is 44.1 Å². The van der Waals surface area contributed by atoms with Gasteiger partial charge in [-0.25, -0.2) is 4.90 Å². The number of para-hydroxylation sites is 1. The van der Waals surface area contributed by atoms with Crippen molar-refractivity contribution in [3.05, 3.63) is 87.8 Å². The lowest BCUT2D eigenvalue weighted by atomic mass is 9.91. The highest BCUT2D eigenvalue weighted by Crippen LogP contribution is 2.40. The number of nitrogens with zero attached hydrogens (tertiary/aromatic N) is 2. The van der Waals surface area contributed by atoms with Crippen LogP contribution in [0.4, 0.5) is 5.69 Å². The summed E-state index contributed by atoms with van der Waals surface area (Å²) in [6.07, 6.45) is -7.48. The standard InChI is InChI=1S/C35H34N2O13/c1-18(38)46-17-25(47-19(2)39)30(48-20(3)40)32(50-22(5)42)31(49-21(4)41)29-28-27(26(33(43)36(29)6)23-13-9-7-10-14-23)34(44)37(35(28)45)24-15-11-8-12-16-24/h7-16,25,30-32H,17H2,1-6H3/t25-,30-,31-,32-/m1/s1. The van der Waals surface area contributed by atoms with E-state index in [0.29, 0.717) is 5.56 Å². The summed E-state index contributed by atoms with van der Waals surface area (Å²) in [5.74, 6) is -6.55. The van der Waals surface area contributed by atoms with Crippen molar-refractivity contribution in [1.29, 1.82) is 0 Å². The van der Waals surface area contributed by atoms with Gasteiger partial charge in [-0.1, -0.05) is 48.5 Å². The molecule has 4 rings (SSSR count). The molecule has 1 aliphatic rings. The molecule has 50 heavy (non-hydrogen) atoms. The number of fused-ring (bicyclic) bond motifs is 1. The van der Waals surface area contributed by atoms with E-state index in [9.17, 15) is 38.4 Å². The molecule has 262 valence electrons. The summed E-state index contributed by atoms with van der Waals surface area (Å²) in [6.45, 7) is 4.30. The number of imide groups is 1. The topological polar surface area (TPSA) is 191 Å². The summed E-state index contributed by atoms with van der Waals surface area (Å²) in [5.41, 5.74) is -1.61. The summed E-state index contributed by atoms with van der Waals surface area (Å²) in [7, 11) is 1.25. The maximum absolute atomic E-state index is 14.4. The lowest BCUT2D eigenvalue weighted by Crippen LogP contribution is -2.51. The molecule has 4 atom stereocenters. The van der Waals surface area contributed by atoms with Gasteiger partial charge in [-0.2, -0.15) is 0 Å². The van der Waals surface area contributed by atoms with Crippen LogP contribution >= 0.6 is 0 Å². The van der Waals surface area contributed by atoms with Crippen molar-refractivity contribution in [1.82, 2.24) is 4.57 Å². The molecule has 2 amide bonds. The highest BCUT2D eigenvalue weighted by atomic mass is 16.6. The first-order valence-electron chi connectivity index (χ1n) is 15.2. The zero-order valence-electron chi connectivity index (χ0n) is 28.0. The second-order valence-corrected chi connectivity index (χ2v) is 11.2. The number of rotatable bonds is 12. The zero-order chi connectivity index (χ0) is 36.9. The Balaban J connectivity index is 2.11. The molecule has 0 bridgehead atoms. The number of hydrogen-bond acceptors (Lipinski definition) is 13. The third-order valence-electron chi connectivity index (χ3n) is 7.47. The predicted molar refractivity (Wildman–Crippen MR) is 173 cm³/mol. The Hall–Kier alpha value is -6.12. The largest absolute Gasteiger partial charge is 0.462 e. The van der Waals surface area contributed by atoms with Crippen LogP contribution in [0.1, 0.15) is 67.1 Å². The fraction of sp³-hybridized carbons (Fsp3) is 0.314. The molecule has 0 unspecified atom stereocenters. The molecule has 0 saturated carbocycles. The first-order valence-corrected chi connectivity index (χ1v) is 15.2. The first-order chi connectivity index (χ1) is 23.6. The van der Waals surface area contributed by atoms with Crippen LogP contribution in [0.3, 0.4) is 0 Å². The second kappa shape index (κ2) is 15.4. The quantitative estimate of drug-likeness (QED) is 0.153. The summed E-state index contributed by atoms with van der Waals surface area (Å²) in [4.78, 5) is 106. The normalized spacial score (nSPS) is 14.5. The van der Waals surface area contributed by atoms with Crippen molar-refractivity contribution in [2.45, 2.75) is 59.0 Å². The van der Waals surface area contributed by atoms with E-state index in [4.69, 9.17) is 23.7 Å². The number of aromatic nitrogens is 1. The maximum atomic E-state index is 14.4. The number of esters is 5. The van der Waals surface area contributed by atoms with E-state index in [1.807, 2.05) is 0 Å². The lowest BCUT2D eigenvalue weighted by Gasteiger charge is -2.36. The predicted octanol–water partition coefficient (Wildman–Crippen LogP) is 2.82. The molecule has 1 aromatic heterocycles. The number of ether oxygens (including phenoxy) is 5. The highest BCUT2D eigenvalue weighted by molar-refractivity contribution is 6.36. The van der Waals surface area contributed by atoms with E-state index >= 15 is 0 Å². The van der Waals surface area contributed by atoms with Crippen molar-refractivity contribution in [3.8, 4) is 11.1 Å². The second-order valence-electron chi connectivity index (χ2n) is 11.2. The Morgan fingerprint density at radius 3 is 1.62 bits per heavy atom. The maximum Gasteiger partial charge on any atom is 0.303 e. The lowest BCUT2D eigenvalue weighted by molar-refractivity contribution is -0.203.